The molecule has 0 spiro atoms. The number of ether oxygens (including phenoxy) is 16. The predicted octanol–water partition coefficient (Wildman–Crippen LogP) is 14.3. The summed E-state index contributed by atoms with van der Waals surface area (Å²) in [5.41, 5.74) is 12.4. The maximum Gasteiger partial charge on any atom is 0.147 e. The fourth-order valence-corrected chi connectivity index (χ4v) is 13.3. The van der Waals surface area contributed by atoms with Crippen LogP contribution in [0.1, 0.15) is 144 Å². The van der Waals surface area contributed by atoms with Crippen LogP contribution in [0.4, 0.5) is 0 Å². The molecule has 0 saturated carbocycles. The van der Waals surface area contributed by atoms with Gasteiger partial charge in [0, 0.05) is 74.3 Å². The topological polar surface area (TPSA) is 174 Å². The lowest BCUT2D eigenvalue weighted by molar-refractivity contribution is 0.442. The molecule has 0 radical (unpaired) electrons. The van der Waals surface area contributed by atoms with E-state index in [4.69, 9.17) is 75.8 Å². The molecule has 8 unspecified atom stereocenters. The molecule has 8 aromatic rings. The molecule has 0 bridgehead atoms. The molecule has 8 fully saturated rings. The first-order valence-electron chi connectivity index (χ1n) is 38.1. The number of rotatable bonds is 22. The molecule has 8 saturated heterocycles. The molecule has 568 valence electrons. The van der Waals surface area contributed by atoms with Crippen LogP contribution in [0.2, 0.25) is 0 Å². The molecule has 8 heterocycles. The SMILES string of the molecule is Cc1cc(C(C)(C)c2ccc(OC#CC3CO3)cc2)cc(Cc2cc(C(C)(C)c3ccc(OC#CC4CO4)cc3)cc(Cc3cc(C(C)(C)c4ccc(OC#CC5CO5)cc4)cc(Cc4cc(C(C)(C)c5ccc(OC#CC6CO6)cc5)cc(C)c4OC#CC4CO4)c3OC#CC3CO3)c2OC#CC2CO2)c1OC#CC1CO1. The minimum Gasteiger partial charge on any atom is -0.407 e. The molecule has 0 N–H and O–H groups in total. The van der Waals surface area contributed by atoms with Crippen LogP contribution in [0.3, 0.4) is 0 Å². The third-order valence-electron chi connectivity index (χ3n) is 21.2. The Morgan fingerprint density at radius 1 is 0.239 bits per heavy atom. The van der Waals surface area contributed by atoms with Crippen molar-refractivity contribution in [2.45, 2.75) is 159 Å². The lowest BCUT2D eigenvalue weighted by Crippen LogP contribution is -2.21. The van der Waals surface area contributed by atoms with Crippen LogP contribution in [0.25, 0.3) is 0 Å². The molecule has 8 aliphatic heterocycles. The minimum absolute atomic E-state index is 0.0827. The van der Waals surface area contributed by atoms with Crippen LogP contribution >= 0.6 is 0 Å². The summed E-state index contributed by atoms with van der Waals surface area (Å²) >= 11 is 0. The normalized spacial score (nSPS) is 20.0. The van der Waals surface area contributed by atoms with Crippen molar-refractivity contribution in [1.82, 2.24) is 0 Å². The van der Waals surface area contributed by atoms with Gasteiger partial charge in [-0.25, -0.2) is 0 Å². The van der Waals surface area contributed by atoms with Gasteiger partial charge in [0.1, 0.15) is 144 Å². The molecule has 0 amide bonds. The van der Waals surface area contributed by atoms with Crippen molar-refractivity contribution >= 4 is 0 Å². The lowest BCUT2D eigenvalue weighted by atomic mass is 9.74. The Morgan fingerprint density at radius 2 is 0.407 bits per heavy atom. The standard InChI is InChI=1S/C97H84O16/c1-62-43-74(94(3,4)70-11-19-78(20-12-70)98-35-27-82-54-106-82)48-64(90(62)102-39-31-86-58-110-86)45-66-50-76(96(7,8)72-15-23-80(24-16-72)100-37-29-84-56-108-84)52-68(92(66)104-41-33-88-60-112-88)47-69-53-77(97(9,10)73-17-25-81(26-18-73)101-38-30-85-57-109-85)51-67(93(69)105-42-34-89-61-113-89)46-65-49-75(44-63(2)91(65)103-40-32-87-59-111-87)95(5,6)71-13-21-79(22-14-71)99-36-28-83-55-107-83/h11-26,43-44,48-53,82-89H,45-47,54-61H2,1-10H3. The highest BCUT2D eigenvalue weighted by Crippen LogP contribution is 2.47. The summed E-state index contributed by atoms with van der Waals surface area (Å²) in [5, 5.41) is 0. The van der Waals surface area contributed by atoms with E-state index in [0.717, 1.165) is 89.0 Å². The first kappa shape index (κ1) is 75.4. The zero-order valence-electron chi connectivity index (χ0n) is 64.8. The van der Waals surface area contributed by atoms with Crippen LogP contribution in [0, 0.1) is 110 Å². The summed E-state index contributed by atoms with van der Waals surface area (Å²) in [5.74, 6) is 29.6. The van der Waals surface area contributed by atoms with E-state index < -0.39 is 21.7 Å². The molecule has 16 rings (SSSR count). The number of aryl methyl sites for hydroxylation is 2. The second-order valence-electron chi connectivity index (χ2n) is 31.3. The maximum absolute atomic E-state index is 7.08. The van der Waals surface area contributed by atoms with E-state index in [-0.39, 0.29) is 55.3 Å². The van der Waals surface area contributed by atoms with Crippen molar-refractivity contribution in [2.24, 2.45) is 0 Å². The number of epoxide rings is 8. The zero-order valence-corrected chi connectivity index (χ0v) is 64.8. The molecule has 0 aromatic heterocycles. The molecule has 8 aliphatic rings. The molecular formula is C97H84O16. The summed E-state index contributed by atoms with van der Waals surface area (Å²) < 4.78 is 94.7. The van der Waals surface area contributed by atoms with E-state index in [1.807, 2.05) is 48.5 Å². The van der Waals surface area contributed by atoms with Gasteiger partial charge in [-0.05, 0) is 165 Å². The average Bonchev–Trinajstić information content (AvgIpc) is 1.24. The first-order valence-corrected chi connectivity index (χ1v) is 38.1. The molecular weight excluding hydrogens is 1420 g/mol. The third kappa shape index (κ3) is 19.3. The Morgan fingerprint density at radius 3 is 0.602 bits per heavy atom. The summed E-state index contributed by atoms with van der Waals surface area (Å²) in [4.78, 5) is 0. The van der Waals surface area contributed by atoms with E-state index in [2.05, 4.69) is 263 Å². The van der Waals surface area contributed by atoms with E-state index >= 15 is 0 Å². The summed E-state index contributed by atoms with van der Waals surface area (Å²) in [7, 11) is 0. The quantitative estimate of drug-likeness (QED) is 0.0462. The van der Waals surface area contributed by atoms with Crippen LogP contribution < -0.4 is 37.9 Å². The number of benzene rings is 8. The van der Waals surface area contributed by atoms with Gasteiger partial charge in [0.15, 0.2) is 0 Å². The molecule has 16 nitrogen and oxygen atoms in total. The number of hydrogen-bond acceptors (Lipinski definition) is 16. The van der Waals surface area contributed by atoms with Crippen LogP contribution in [0.15, 0.2) is 146 Å². The fraction of sp³-hybridized carbons (Fsp3) is 0.340. The second-order valence-corrected chi connectivity index (χ2v) is 31.3. The lowest BCUT2D eigenvalue weighted by Gasteiger charge is -2.30. The molecule has 113 heavy (non-hydrogen) atoms. The van der Waals surface area contributed by atoms with Crippen molar-refractivity contribution < 1.29 is 75.8 Å². The zero-order chi connectivity index (χ0) is 77.9. The Balaban J connectivity index is 0.872. The molecule has 0 aliphatic carbocycles. The van der Waals surface area contributed by atoms with E-state index in [9.17, 15) is 0 Å². The number of hydrogen-bond donors (Lipinski definition) is 0. The predicted molar refractivity (Wildman–Crippen MR) is 423 cm³/mol. The molecule has 8 aromatic carbocycles. The molecule has 8 atom stereocenters. The highest BCUT2D eigenvalue weighted by atomic mass is 16.6. The van der Waals surface area contributed by atoms with Crippen molar-refractivity contribution in [3.8, 4) is 142 Å². The van der Waals surface area contributed by atoms with Gasteiger partial charge in [-0.1, -0.05) is 152 Å². The third-order valence-corrected chi connectivity index (χ3v) is 21.2. The summed E-state index contributed by atoms with van der Waals surface area (Å²) in [6.45, 7) is 26.4. The second kappa shape index (κ2) is 32.2. The van der Waals surface area contributed by atoms with Crippen molar-refractivity contribution in [1.29, 1.82) is 0 Å². The van der Waals surface area contributed by atoms with E-state index in [1.165, 1.54) is 0 Å². The Labute approximate surface area is 660 Å². The maximum atomic E-state index is 7.08. The van der Waals surface area contributed by atoms with Crippen LogP contribution in [-0.4, -0.2) is 102 Å². The van der Waals surface area contributed by atoms with Gasteiger partial charge in [0.2, 0.25) is 0 Å². The summed E-state index contributed by atoms with van der Waals surface area (Å²) in [6.07, 6.45) is 23.0. The Bertz CT molecular complexity index is 5170. The molecule has 16 heteroatoms. The van der Waals surface area contributed by atoms with Gasteiger partial charge in [-0.3, -0.25) is 0 Å². The van der Waals surface area contributed by atoms with Gasteiger partial charge in [-0.2, -0.15) is 0 Å². The van der Waals surface area contributed by atoms with Gasteiger partial charge in [0.25, 0.3) is 0 Å². The van der Waals surface area contributed by atoms with Gasteiger partial charge in [0.05, 0.1) is 52.9 Å². The van der Waals surface area contributed by atoms with Gasteiger partial charge in [-0.15, -0.1) is 0 Å². The highest BCUT2D eigenvalue weighted by molar-refractivity contribution is 5.62. The fourth-order valence-electron chi connectivity index (χ4n) is 13.3. The largest absolute Gasteiger partial charge is 0.407 e. The van der Waals surface area contributed by atoms with Crippen LogP contribution in [0.5, 0.6) is 46.0 Å². The summed E-state index contributed by atoms with van der Waals surface area (Å²) in [6, 6.07) is 50.0. The Kier molecular flexibility index (Phi) is 21.5. The van der Waals surface area contributed by atoms with Gasteiger partial charge >= 0.3 is 0 Å². The minimum atomic E-state index is -0.682. The van der Waals surface area contributed by atoms with Gasteiger partial charge < -0.3 is 75.8 Å². The van der Waals surface area contributed by atoms with Crippen LogP contribution in [-0.2, 0) is 78.8 Å². The monoisotopic (exact) mass is 1500 g/mol. The average molecular weight is 1510 g/mol. The first-order chi connectivity index (χ1) is 54.7. The van der Waals surface area contributed by atoms with E-state index in [0.29, 0.717) is 112 Å². The van der Waals surface area contributed by atoms with Crippen molar-refractivity contribution in [3.05, 3.63) is 235 Å². The van der Waals surface area contributed by atoms with Crippen molar-refractivity contribution in [2.75, 3.05) is 52.9 Å². The van der Waals surface area contributed by atoms with Crippen molar-refractivity contribution in [3.63, 3.8) is 0 Å². The smallest absolute Gasteiger partial charge is 0.147 e. The highest BCUT2D eigenvalue weighted by Gasteiger charge is 2.35. The Hall–Kier alpha value is -11.7. The van der Waals surface area contributed by atoms with E-state index in [1.54, 1.807) is 0 Å².